The SMILES string of the molecule is C#CC#CC(CCCC)CSc1ccc(C(C)(C)C)cc1NC(=O)C(C1=Nc2ccccc2S(=O)(=O)N1CCCCCCCCCCCCCCCCCC)N1C(=O)OC(C)(C)C1=O. The third kappa shape index (κ3) is 14.9. The fraction of sp³-hybridized carbons (Fsp3) is 0.615. The van der Waals surface area contributed by atoms with Gasteiger partial charge in [-0.15, -0.1) is 18.2 Å². The summed E-state index contributed by atoms with van der Waals surface area (Å²) in [5.41, 5.74) is -0.379. The Hall–Kier alpha value is -4.26. The van der Waals surface area contributed by atoms with Crippen molar-refractivity contribution >= 4 is 56.9 Å². The Morgan fingerprint density at radius 1 is 0.859 bits per heavy atom. The molecule has 1 N–H and O–H groups in total. The number of nitrogens with one attached hydrogen (secondary N) is 1. The lowest BCUT2D eigenvalue weighted by Gasteiger charge is -2.35. The first-order valence-electron chi connectivity index (χ1n) is 23.9. The minimum Gasteiger partial charge on any atom is -0.433 e. The highest BCUT2D eigenvalue weighted by molar-refractivity contribution is 7.99. The number of fused-ring (bicyclic) bond motifs is 1. The molecule has 4 rings (SSSR count). The van der Waals surface area contributed by atoms with Crippen molar-refractivity contribution in [3.8, 4) is 24.2 Å². The molecule has 0 radical (unpaired) electrons. The molecule has 3 amide bonds. The number of rotatable bonds is 27. The first-order chi connectivity index (χ1) is 30.6. The zero-order chi connectivity index (χ0) is 46.8. The Bertz CT molecular complexity index is 2120. The summed E-state index contributed by atoms with van der Waals surface area (Å²) in [6, 6.07) is 10.4. The maximum absolute atomic E-state index is 15.1. The molecule has 0 spiro atoms. The molecule has 10 nitrogen and oxygen atoms in total. The lowest BCUT2D eigenvalue weighted by Crippen LogP contribution is -2.59. The zero-order valence-corrected chi connectivity index (χ0v) is 41.4. The van der Waals surface area contributed by atoms with Gasteiger partial charge in [0, 0.05) is 23.1 Å². The second kappa shape index (κ2) is 25.4. The minimum atomic E-state index is -4.26. The van der Waals surface area contributed by atoms with Crippen molar-refractivity contribution in [1.82, 2.24) is 9.21 Å². The highest BCUT2D eigenvalue weighted by Crippen LogP contribution is 2.38. The van der Waals surface area contributed by atoms with Gasteiger partial charge >= 0.3 is 6.09 Å². The Labute approximate surface area is 390 Å². The maximum atomic E-state index is 15.1. The van der Waals surface area contributed by atoms with Gasteiger partial charge in [0.1, 0.15) is 4.90 Å². The van der Waals surface area contributed by atoms with Crippen LogP contribution in [0.1, 0.15) is 176 Å². The molecular weight excluding hydrogens is 841 g/mol. The molecule has 2 unspecified atom stereocenters. The van der Waals surface area contributed by atoms with Crippen molar-refractivity contribution in [2.45, 2.75) is 197 Å². The molecule has 2 atom stereocenters. The Kier molecular flexibility index (Phi) is 20.8. The minimum absolute atomic E-state index is 0.00724. The van der Waals surface area contributed by atoms with Crippen molar-refractivity contribution in [2.24, 2.45) is 10.9 Å². The zero-order valence-electron chi connectivity index (χ0n) is 39.7. The molecule has 0 bridgehead atoms. The number of aliphatic imine (C=N–C) groups is 1. The molecule has 2 aliphatic rings. The number of imide groups is 1. The molecule has 1 saturated heterocycles. The number of benzene rings is 2. The summed E-state index contributed by atoms with van der Waals surface area (Å²) in [5.74, 6) is 7.20. The Morgan fingerprint density at radius 3 is 1.98 bits per heavy atom. The summed E-state index contributed by atoms with van der Waals surface area (Å²) >= 11 is 1.52. The molecular formula is C52H74N4O6S2. The van der Waals surface area contributed by atoms with Crippen LogP contribution in [0, 0.1) is 30.1 Å². The highest BCUT2D eigenvalue weighted by atomic mass is 32.2. The number of hydrogen-bond acceptors (Lipinski definition) is 8. The number of carbonyl (C=O) groups is 3. The van der Waals surface area contributed by atoms with Gasteiger partial charge in [0.25, 0.3) is 21.8 Å². The van der Waals surface area contributed by atoms with E-state index in [9.17, 15) is 18.0 Å². The van der Waals surface area contributed by atoms with Crippen LogP contribution in [0.4, 0.5) is 16.2 Å². The molecule has 0 aliphatic carbocycles. The van der Waals surface area contributed by atoms with E-state index in [1.165, 1.54) is 102 Å². The van der Waals surface area contributed by atoms with Crippen LogP contribution >= 0.6 is 11.8 Å². The molecule has 12 heteroatoms. The van der Waals surface area contributed by atoms with Crippen LogP contribution in [0.25, 0.3) is 0 Å². The lowest BCUT2D eigenvalue weighted by molar-refractivity contribution is -0.137. The number of anilines is 1. The number of thioether (sulfide) groups is 1. The topological polar surface area (TPSA) is 125 Å². The van der Waals surface area contributed by atoms with Gasteiger partial charge < -0.3 is 10.1 Å². The van der Waals surface area contributed by atoms with E-state index in [0.29, 0.717) is 17.9 Å². The van der Waals surface area contributed by atoms with Gasteiger partial charge in [0.2, 0.25) is 0 Å². The van der Waals surface area contributed by atoms with Crippen molar-refractivity contribution in [1.29, 1.82) is 0 Å². The fourth-order valence-electron chi connectivity index (χ4n) is 8.08. The van der Waals surface area contributed by atoms with Gasteiger partial charge in [0.05, 0.1) is 11.4 Å². The van der Waals surface area contributed by atoms with E-state index in [2.05, 4.69) is 57.7 Å². The molecule has 2 aromatic rings. The van der Waals surface area contributed by atoms with Crippen molar-refractivity contribution in [3.63, 3.8) is 0 Å². The molecule has 0 saturated carbocycles. The van der Waals surface area contributed by atoms with Crippen LogP contribution in [0.3, 0.4) is 0 Å². The molecule has 64 heavy (non-hydrogen) atoms. The van der Waals surface area contributed by atoms with Gasteiger partial charge in [0.15, 0.2) is 17.5 Å². The molecule has 350 valence electrons. The maximum Gasteiger partial charge on any atom is 0.418 e. The van der Waals surface area contributed by atoms with Gasteiger partial charge in [-0.05, 0) is 73.8 Å². The largest absolute Gasteiger partial charge is 0.433 e. The summed E-state index contributed by atoms with van der Waals surface area (Å²) in [6.07, 6.45) is 26.0. The van der Waals surface area contributed by atoms with Crippen LogP contribution in [-0.4, -0.2) is 65.3 Å². The van der Waals surface area contributed by atoms with Crippen LogP contribution in [-0.2, 0) is 29.8 Å². The van der Waals surface area contributed by atoms with Crippen molar-refractivity contribution in [3.05, 3.63) is 48.0 Å². The van der Waals surface area contributed by atoms with Crippen molar-refractivity contribution in [2.75, 3.05) is 17.6 Å². The van der Waals surface area contributed by atoms with Gasteiger partial charge in [-0.2, -0.15) is 0 Å². The summed E-state index contributed by atoms with van der Waals surface area (Å²) in [4.78, 5) is 49.1. The van der Waals surface area contributed by atoms with E-state index < -0.39 is 39.6 Å². The number of carbonyl (C=O) groups excluding carboxylic acids is 3. The van der Waals surface area contributed by atoms with Gasteiger partial charge in [-0.3, -0.25) is 13.9 Å². The fourth-order valence-corrected chi connectivity index (χ4v) is 10.8. The summed E-state index contributed by atoms with van der Waals surface area (Å²) in [6.45, 7) is 13.5. The first kappa shape index (κ1) is 52.4. The van der Waals surface area contributed by atoms with Crippen LogP contribution in [0.5, 0.6) is 0 Å². The molecule has 0 aromatic heterocycles. The Morgan fingerprint density at radius 2 is 1.44 bits per heavy atom. The van der Waals surface area contributed by atoms with Gasteiger partial charge in [-0.25, -0.2) is 23.1 Å². The standard InChI is InChI=1S/C52H74N4O6S2/c1-9-12-15-16-17-18-19-20-21-22-23-24-25-26-27-30-37-55-47(53-42-33-28-29-34-45(42)64(55,60)61)46(56-49(58)52(7,8)62-50(56)59)48(57)54-43-38-41(51(4,5)6)35-36-44(43)63-39-40(31-13-10-2)32-14-11-3/h2,28-29,33-36,38,40,46H,9,11-12,14-27,30,32,37,39H2,1,3-8H3,(H,54,57). The highest BCUT2D eigenvalue weighted by Gasteiger charge is 2.55. The molecule has 1 fully saturated rings. The molecule has 2 aromatic carbocycles. The predicted octanol–water partition coefficient (Wildman–Crippen LogP) is 12.6. The third-order valence-electron chi connectivity index (χ3n) is 12.0. The summed E-state index contributed by atoms with van der Waals surface area (Å²) < 4.78 is 35.8. The second-order valence-corrected chi connectivity index (χ2v) is 21.7. The second-order valence-electron chi connectivity index (χ2n) is 18.8. The average molecular weight is 915 g/mol. The van der Waals surface area contributed by atoms with Crippen molar-refractivity contribution < 1.29 is 27.5 Å². The number of terminal acetylenes is 1. The normalized spacial score (nSPS) is 16.2. The monoisotopic (exact) mass is 915 g/mol. The van der Waals surface area contributed by atoms with E-state index in [-0.39, 0.29) is 34.3 Å². The summed E-state index contributed by atoms with van der Waals surface area (Å²) in [5, 5.41) is 3.04. The number of amides is 3. The number of para-hydroxylation sites is 1. The quantitative estimate of drug-likeness (QED) is 0.0537. The first-order valence-corrected chi connectivity index (χ1v) is 26.3. The number of cyclic esters (lactones) is 1. The number of amidine groups is 1. The number of ether oxygens (including phenoxy) is 1. The Balaban J connectivity index is 1.58. The van der Waals surface area contributed by atoms with E-state index in [4.69, 9.17) is 16.2 Å². The van der Waals surface area contributed by atoms with Gasteiger partial charge in [-0.1, -0.05) is 168 Å². The van der Waals surface area contributed by atoms with E-state index in [1.807, 2.05) is 18.2 Å². The van der Waals surface area contributed by atoms with E-state index in [0.717, 1.165) is 64.6 Å². The number of nitrogens with zero attached hydrogens (tertiary/aromatic N) is 3. The predicted molar refractivity (Wildman–Crippen MR) is 262 cm³/mol. The molecule has 2 heterocycles. The van der Waals surface area contributed by atoms with Crippen LogP contribution in [0.15, 0.2) is 57.2 Å². The number of sulfonamides is 1. The van der Waals surface area contributed by atoms with E-state index in [1.54, 1.807) is 18.2 Å². The van der Waals surface area contributed by atoms with Crippen LogP contribution < -0.4 is 5.32 Å². The lowest BCUT2D eigenvalue weighted by atomic mass is 9.87. The smallest absolute Gasteiger partial charge is 0.418 e. The number of unbranched alkanes of at least 4 members (excludes halogenated alkanes) is 16. The van der Waals surface area contributed by atoms with E-state index >= 15 is 4.79 Å². The van der Waals surface area contributed by atoms with Crippen LogP contribution in [0.2, 0.25) is 0 Å². The third-order valence-corrected chi connectivity index (χ3v) is 15.0. The number of hydrogen-bond donors (Lipinski definition) is 1. The molecule has 2 aliphatic heterocycles. The summed E-state index contributed by atoms with van der Waals surface area (Å²) in [7, 11) is -4.26. The average Bonchev–Trinajstić information content (AvgIpc) is 3.45.